The molecule has 0 aliphatic carbocycles. The van der Waals surface area contributed by atoms with Crippen molar-refractivity contribution >= 4 is 170 Å². The highest BCUT2D eigenvalue weighted by atomic mass is 127. The number of carboxylic acids is 1. The van der Waals surface area contributed by atoms with Gasteiger partial charge in [0.15, 0.2) is 17.2 Å². The number of hydrogen-bond donors (Lipinski definition) is 4. The Morgan fingerprint density at radius 3 is 1.48 bits per heavy atom. The van der Waals surface area contributed by atoms with E-state index in [1.807, 2.05) is 46.9 Å². The Hall–Kier alpha value is 0.250. The van der Waals surface area contributed by atoms with Gasteiger partial charge in [-0.1, -0.05) is 0 Å². The first-order valence-electron chi connectivity index (χ1n) is 12.9. The molecule has 4 aromatic carbocycles. The number of ether oxygens (including phenoxy) is 3. The summed E-state index contributed by atoms with van der Waals surface area (Å²) in [5.74, 6) is 1.44. The molecule has 0 aromatic heterocycles. The molecule has 0 aliphatic heterocycles. The minimum Gasteiger partial charge on any atom is -0.507 e. The lowest BCUT2D eigenvalue weighted by atomic mass is 10.1. The monoisotopic (exact) mass is 1410 g/mol. The number of carbonyl (C=O) groups excluding carboxylic acids is 1. The molecule has 0 radical (unpaired) electrons. The van der Waals surface area contributed by atoms with Gasteiger partial charge >= 0.3 is 11.9 Å². The molecule has 6 N–H and O–H groups in total. The highest BCUT2D eigenvalue weighted by molar-refractivity contribution is 14.1. The molecular formula is C30H21I7N2O7. The Bertz CT molecular complexity index is 1750. The molecule has 0 aliphatic rings. The van der Waals surface area contributed by atoms with Crippen LogP contribution in [-0.4, -0.2) is 34.2 Å². The average Bonchev–Trinajstić information content (AvgIpc) is 2.96. The molecule has 0 spiro atoms. The molecule has 2 atom stereocenters. The number of carboxylic acid groups (broad SMARTS) is 1. The maximum atomic E-state index is 13.1. The van der Waals surface area contributed by atoms with E-state index in [1.54, 1.807) is 30.3 Å². The molecular weight excluding hydrogens is 1390 g/mol. The first-order valence-corrected chi connectivity index (χ1v) is 20.4. The number of phenolic OH excluding ortho intramolecular Hbond substituents is 1. The summed E-state index contributed by atoms with van der Waals surface area (Å²) in [5, 5.41) is 18.9. The Kier molecular flexibility index (Phi) is 14.8. The summed E-state index contributed by atoms with van der Waals surface area (Å²) < 4.78 is 23.4. The van der Waals surface area contributed by atoms with Crippen LogP contribution in [0.3, 0.4) is 0 Å². The first-order chi connectivity index (χ1) is 21.6. The summed E-state index contributed by atoms with van der Waals surface area (Å²) in [6, 6.07) is 14.2. The van der Waals surface area contributed by atoms with Crippen LogP contribution in [0.15, 0.2) is 54.6 Å². The predicted octanol–water partition coefficient (Wildman–Crippen LogP) is 8.64. The minimum atomic E-state index is -1.05. The van der Waals surface area contributed by atoms with Crippen LogP contribution in [0.5, 0.6) is 34.5 Å². The number of nitrogens with two attached hydrogens (primary N) is 2. The van der Waals surface area contributed by atoms with Gasteiger partial charge in [-0.25, -0.2) is 4.79 Å². The van der Waals surface area contributed by atoms with E-state index in [0.29, 0.717) is 39.5 Å². The predicted molar refractivity (Wildman–Crippen MR) is 233 cm³/mol. The fraction of sp³-hybridized carbons (Fsp3) is 0.133. The Morgan fingerprint density at radius 1 is 0.609 bits per heavy atom. The van der Waals surface area contributed by atoms with E-state index in [4.69, 9.17) is 30.8 Å². The van der Waals surface area contributed by atoms with Crippen molar-refractivity contribution in [3.8, 4) is 34.5 Å². The van der Waals surface area contributed by atoms with Crippen LogP contribution in [0, 0.1) is 25.0 Å². The number of esters is 1. The van der Waals surface area contributed by atoms with Crippen LogP contribution in [0.25, 0.3) is 0 Å². The van der Waals surface area contributed by atoms with Crippen molar-refractivity contribution in [3.63, 3.8) is 0 Å². The zero-order chi connectivity index (χ0) is 33.9. The lowest BCUT2D eigenvalue weighted by Gasteiger charge is -2.17. The third-order valence-corrected chi connectivity index (χ3v) is 11.9. The van der Waals surface area contributed by atoms with Gasteiger partial charge in [-0.05, 0) is 237 Å². The Labute approximate surface area is 360 Å². The summed E-state index contributed by atoms with van der Waals surface area (Å²) in [7, 11) is 0. The van der Waals surface area contributed by atoms with Crippen molar-refractivity contribution in [1.82, 2.24) is 0 Å². The number of benzene rings is 4. The summed E-state index contributed by atoms with van der Waals surface area (Å²) in [5.41, 5.74) is 13.7. The zero-order valence-corrected chi connectivity index (χ0v) is 38.1. The number of halogens is 7. The molecule has 0 heterocycles. The Morgan fingerprint density at radius 2 is 1.02 bits per heavy atom. The summed E-state index contributed by atoms with van der Waals surface area (Å²) in [6.07, 6.45) is 0.471. The summed E-state index contributed by atoms with van der Waals surface area (Å²) in [6.45, 7) is 0. The van der Waals surface area contributed by atoms with E-state index in [0.717, 1.165) is 25.4 Å². The fourth-order valence-corrected chi connectivity index (χ4v) is 10.6. The first kappa shape index (κ1) is 39.0. The van der Waals surface area contributed by atoms with Crippen LogP contribution < -0.4 is 25.7 Å². The van der Waals surface area contributed by atoms with Gasteiger partial charge in [-0.15, -0.1) is 0 Å². The number of aromatic hydroxyl groups is 1. The third-order valence-electron chi connectivity index (χ3n) is 6.18. The average molecular weight is 1410 g/mol. The molecule has 0 unspecified atom stereocenters. The topological polar surface area (TPSA) is 154 Å². The fourth-order valence-electron chi connectivity index (χ4n) is 3.99. The third kappa shape index (κ3) is 10.4. The molecule has 0 bridgehead atoms. The van der Waals surface area contributed by atoms with E-state index >= 15 is 0 Å². The van der Waals surface area contributed by atoms with Gasteiger partial charge in [0.1, 0.15) is 29.3 Å². The van der Waals surface area contributed by atoms with Crippen LogP contribution in [0.1, 0.15) is 11.1 Å². The maximum absolute atomic E-state index is 13.1. The van der Waals surface area contributed by atoms with E-state index in [1.165, 1.54) is 0 Å². The molecule has 9 nitrogen and oxygen atoms in total. The zero-order valence-electron chi connectivity index (χ0n) is 23.0. The van der Waals surface area contributed by atoms with Gasteiger partial charge in [-0.2, -0.15) is 0 Å². The van der Waals surface area contributed by atoms with Crippen molar-refractivity contribution in [2.24, 2.45) is 11.5 Å². The Balaban J connectivity index is 1.43. The van der Waals surface area contributed by atoms with Gasteiger partial charge in [0.05, 0.1) is 25.0 Å². The van der Waals surface area contributed by atoms with Gasteiger partial charge in [-0.3, -0.25) is 4.79 Å². The number of aliphatic carboxylic acids is 1. The van der Waals surface area contributed by atoms with Crippen LogP contribution in [0.4, 0.5) is 0 Å². The quantitative estimate of drug-likeness (QED) is 0.0657. The van der Waals surface area contributed by atoms with Crippen molar-refractivity contribution in [2.75, 3.05) is 0 Å². The summed E-state index contributed by atoms with van der Waals surface area (Å²) >= 11 is 14.9. The second kappa shape index (κ2) is 17.5. The van der Waals surface area contributed by atoms with Crippen molar-refractivity contribution in [1.29, 1.82) is 0 Å². The van der Waals surface area contributed by atoms with Crippen LogP contribution in [0.2, 0.25) is 0 Å². The molecule has 242 valence electrons. The standard InChI is InChI=1S/C30H21I7N2O7/c31-16-9-14(1-2-25(16)40)44-26-17(32)5-13(6-18(26)33)8-24(39)30(43)46-28-21(36)10-15(11-22(28)37)45-27-19(34)3-12(4-20(27)35)7-23(38)29(41)42/h1-6,9-11,23-24,40H,7-8,38-39H2,(H,41,42)/t23-,24-/m0/s1. The molecule has 0 saturated carbocycles. The molecule has 0 saturated heterocycles. The molecule has 46 heavy (non-hydrogen) atoms. The lowest BCUT2D eigenvalue weighted by Crippen LogP contribution is -2.36. The SMILES string of the molecule is N[C@@H](Cc1cc(I)c(Oc2cc(I)c(OC(=O)[C@@H](N)Cc3cc(I)c(Oc4ccc(O)c(I)c4)c(I)c3)c(I)c2)c(I)c1)C(=O)O. The maximum Gasteiger partial charge on any atom is 0.328 e. The summed E-state index contributed by atoms with van der Waals surface area (Å²) in [4.78, 5) is 24.3. The van der Waals surface area contributed by atoms with Gasteiger partial charge < -0.3 is 35.9 Å². The minimum absolute atomic E-state index is 0.191. The normalized spacial score (nSPS) is 12.4. The molecule has 4 rings (SSSR count). The molecule has 4 aromatic rings. The van der Waals surface area contributed by atoms with Gasteiger partial charge in [0.2, 0.25) is 0 Å². The molecule has 16 heteroatoms. The van der Waals surface area contributed by atoms with E-state index < -0.39 is 24.0 Å². The van der Waals surface area contributed by atoms with E-state index in [9.17, 15) is 14.7 Å². The van der Waals surface area contributed by atoms with Crippen LogP contribution >= 0.6 is 158 Å². The number of hydrogen-bond acceptors (Lipinski definition) is 8. The van der Waals surface area contributed by atoms with Crippen LogP contribution in [-0.2, 0) is 22.4 Å². The highest BCUT2D eigenvalue weighted by Gasteiger charge is 2.23. The van der Waals surface area contributed by atoms with Crippen molar-refractivity contribution in [3.05, 3.63) is 90.7 Å². The van der Waals surface area contributed by atoms with Gasteiger partial charge in [0.25, 0.3) is 0 Å². The molecule has 0 fully saturated rings. The largest absolute Gasteiger partial charge is 0.507 e. The smallest absolute Gasteiger partial charge is 0.328 e. The van der Waals surface area contributed by atoms with Gasteiger partial charge in [0, 0.05) is 0 Å². The molecule has 0 amide bonds. The second-order valence-corrected chi connectivity index (χ2v) is 17.8. The van der Waals surface area contributed by atoms with E-state index in [2.05, 4.69) is 136 Å². The van der Waals surface area contributed by atoms with Crippen molar-refractivity contribution in [2.45, 2.75) is 24.9 Å². The second-order valence-electron chi connectivity index (χ2n) is 9.69. The number of phenols is 1. The number of rotatable bonds is 11. The number of carbonyl (C=O) groups is 2. The van der Waals surface area contributed by atoms with Crippen molar-refractivity contribution < 1.29 is 34.0 Å². The van der Waals surface area contributed by atoms with E-state index in [-0.39, 0.29) is 18.6 Å². The lowest BCUT2D eigenvalue weighted by molar-refractivity contribution is -0.138. The highest BCUT2D eigenvalue weighted by Crippen LogP contribution is 2.38.